The number of nitrogens with two attached hydrogens (primary N) is 1. The standard InChI is InChI=1S/C8H12N6O2S2/c1-2-18(15,16)6-7(9)14-17-8(6)10-3-5-11-4-12-13-5/h4,10H,2-3H2,1H3,(H2,9,14)(H,11,12,13). The molecule has 0 aromatic carbocycles. The molecule has 0 bridgehead atoms. The molecule has 0 aliphatic carbocycles. The fourth-order valence-corrected chi connectivity index (χ4v) is 3.49. The second-order valence-electron chi connectivity index (χ2n) is 3.42. The first kappa shape index (κ1) is 12.8. The van der Waals surface area contributed by atoms with Crippen molar-refractivity contribution < 1.29 is 8.42 Å². The van der Waals surface area contributed by atoms with Crippen molar-refractivity contribution >= 4 is 32.2 Å². The average molecular weight is 288 g/mol. The van der Waals surface area contributed by atoms with Crippen molar-refractivity contribution in [2.75, 3.05) is 16.8 Å². The lowest BCUT2D eigenvalue weighted by Crippen LogP contribution is -2.09. The van der Waals surface area contributed by atoms with Gasteiger partial charge in [-0.3, -0.25) is 5.10 Å². The fraction of sp³-hybridized carbons (Fsp3) is 0.375. The van der Waals surface area contributed by atoms with Crippen LogP contribution >= 0.6 is 11.5 Å². The minimum absolute atomic E-state index is 0.0212. The Morgan fingerprint density at radius 1 is 1.56 bits per heavy atom. The highest BCUT2D eigenvalue weighted by atomic mass is 32.2. The Balaban J connectivity index is 2.24. The van der Waals surface area contributed by atoms with Gasteiger partial charge in [-0.05, 0) is 11.5 Å². The molecule has 0 aliphatic rings. The van der Waals surface area contributed by atoms with E-state index in [1.165, 1.54) is 6.33 Å². The first-order valence-corrected chi connectivity index (χ1v) is 7.53. The summed E-state index contributed by atoms with van der Waals surface area (Å²) in [6.07, 6.45) is 1.38. The summed E-state index contributed by atoms with van der Waals surface area (Å²) in [5, 5.41) is 9.72. The Morgan fingerprint density at radius 2 is 2.33 bits per heavy atom. The zero-order chi connectivity index (χ0) is 13.2. The molecule has 0 spiro atoms. The highest BCUT2D eigenvalue weighted by Gasteiger charge is 2.23. The molecule has 0 saturated heterocycles. The summed E-state index contributed by atoms with van der Waals surface area (Å²) in [5.74, 6) is 0.607. The predicted molar refractivity (Wildman–Crippen MR) is 68.0 cm³/mol. The first-order chi connectivity index (χ1) is 8.54. The molecule has 2 rings (SSSR count). The quantitative estimate of drug-likeness (QED) is 0.719. The number of anilines is 2. The monoisotopic (exact) mass is 288 g/mol. The van der Waals surface area contributed by atoms with Gasteiger partial charge in [0.05, 0.1) is 12.3 Å². The van der Waals surface area contributed by atoms with Crippen molar-refractivity contribution in [3.05, 3.63) is 12.2 Å². The number of sulfone groups is 1. The van der Waals surface area contributed by atoms with Crippen molar-refractivity contribution in [3.8, 4) is 0 Å². The molecule has 18 heavy (non-hydrogen) atoms. The van der Waals surface area contributed by atoms with Gasteiger partial charge < -0.3 is 11.1 Å². The summed E-state index contributed by atoms with van der Waals surface area (Å²) >= 11 is 1.01. The second-order valence-corrected chi connectivity index (χ2v) is 6.40. The van der Waals surface area contributed by atoms with E-state index in [4.69, 9.17) is 5.73 Å². The van der Waals surface area contributed by atoms with E-state index in [2.05, 4.69) is 24.9 Å². The van der Waals surface area contributed by atoms with Crippen molar-refractivity contribution in [3.63, 3.8) is 0 Å². The van der Waals surface area contributed by atoms with Crippen molar-refractivity contribution in [2.24, 2.45) is 0 Å². The minimum Gasteiger partial charge on any atom is -0.382 e. The normalized spacial score (nSPS) is 11.6. The summed E-state index contributed by atoms with van der Waals surface area (Å²) in [5.41, 5.74) is 5.60. The number of hydrogen-bond acceptors (Lipinski definition) is 8. The van der Waals surface area contributed by atoms with E-state index in [-0.39, 0.29) is 16.5 Å². The first-order valence-electron chi connectivity index (χ1n) is 5.10. The Bertz CT molecular complexity index is 618. The van der Waals surface area contributed by atoms with Gasteiger partial charge in [0.2, 0.25) is 0 Å². The van der Waals surface area contributed by atoms with Crippen molar-refractivity contribution in [1.82, 2.24) is 19.6 Å². The van der Waals surface area contributed by atoms with Crippen LogP contribution in [0.15, 0.2) is 11.2 Å². The lowest BCUT2D eigenvalue weighted by Gasteiger charge is -2.05. The number of nitrogens with one attached hydrogen (secondary N) is 2. The minimum atomic E-state index is -3.39. The molecular weight excluding hydrogens is 276 g/mol. The van der Waals surface area contributed by atoms with Crippen LogP contribution in [-0.2, 0) is 16.4 Å². The van der Waals surface area contributed by atoms with E-state index in [0.29, 0.717) is 17.4 Å². The second kappa shape index (κ2) is 4.90. The van der Waals surface area contributed by atoms with E-state index >= 15 is 0 Å². The molecule has 0 atom stereocenters. The molecular formula is C8H12N6O2S2. The maximum atomic E-state index is 11.9. The number of hydrogen-bond donors (Lipinski definition) is 3. The molecule has 0 radical (unpaired) electrons. The van der Waals surface area contributed by atoms with Gasteiger partial charge in [-0.25, -0.2) is 13.4 Å². The lowest BCUT2D eigenvalue weighted by atomic mass is 10.5. The van der Waals surface area contributed by atoms with Gasteiger partial charge in [0.1, 0.15) is 22.0 Å². The molecule has 0 aliphatic heterocycles. The number of rotatable bonds is 5. The Labute approximate surface area is 108 Å². The third-order valence-electron chi connectivity index (χ3n) is 2.25. The average Bonchev–Trinajstić information content (AvgIpc) is 2.95. The Hall–Kier alpha value is -1.68. The Morgan fingerprint density at radius 3 is 2.94 bits per heavy atom. The maximum Gasteiger partial charge on any atom is 0.184 e. The van der Waals surface area contributed by atoms with E-state index in [1.807, 2.05) is 0 Å². The lowest BCUT2D eigenvalue weighted by molar-refractivity contribution is 0.598. The van der Waals surface area contributed by atoms with Crippen LogP contribution < -0.4 is 11.1 Å². The van der Waals surface area contributed by atoms with Crippen LogP contribution in [0.4, 0.5) is 10.8 Å². The summed E-state index contributed by atoms with van der Waals surface area (Å²) in [4.78, 5) is 3.99. The van der Waals surface area contributed by atoms with Gasteiger partial charge in [0, 0.05) is 0 Å². The predicted octanol–water partition coefficient (Wildman–Crippen LogP) is 0.249. The third kappa shape index (κ3) is 2.43. The zero-order valence-electron chi connectivity index (χ0n) is 9.54. The topological polar surface area (TPSA) is 127 Å². The van der Waals surface area contributed by atoms with E-state index < -0.39 is 9.84 Å². The van der Waals surface area contributed by atoms with Gasteiger partial charge in [-0.1, -0.05) is 6.92 Å². The maximum absolute atomic E-state index is 11.9. The molecule has 2 aromatic rings. The van der Waals surface area contributed by atoms with Gasteiger partial charge in [-0.2, -0.15) is 9.47 Å². The molecule has 2 heterocycles. The zero-order valence-corrected chi connectivity index (χ0v) is 11.2. The largest absolute Gasteiger partial charge is 0.382 e. The number of nitrogens with zero attached hydrogens (tertiary/aromatic N) is 3. The van der Waals surface area contributed by atoms with Crippen LogP contribution in [0.3, 0.4) is 0 Å². The van der Waals surface area contributed by atoms with Crippen molar-refractivity contribution in [1.29, 1.82) is 0 Å². The highest BCUT2D eigenvalue weighted by molar-refractivity contribution is 7.91. The highest BCUT2D eigenvalue weighted by Crippen LogP contribution is 2.32. The van der Waals surface area contributed by atoms with Gasteiger partial charge in [0.25, 0.3) is 0 Å². The van der Waals surface area contributed by atoms with Crippen LogP contribution in [0.1, 0.15) is 12.7 Å². The van der Waals surface area contributed by atoms with Crippen LogP contribution in [0.5, 0.6) is 0 Å². The van der Waals surface area contributed by atoms with Gasteiger partial charge in [-0.15, -0.1) is 0 Å². The molecule has 10 heteroatoms. The Kier molecular flexibility index (Phi) is 3.48. The molecule has 8 nitrogen and oxygen atoms in total. The molecule has 0 fully saturated rings. The summed E-state index contributed by atoms with van der Waals surface area (Å²) in [7, 11) is -3.39. The molecule has 0 amide bonds. The number of aromatic nitrogens is 4. The van der Waals surface area contributed by atoms with Crippen LogP contribution in [-0.4, -0.2) is 33.7 Å². The molecule has 2 aromatic heterocycles. The van der Waals surface area contributed by atoms with Gasteiger partial charge in [0.15, 0.2) is 15.7 Å². The number of H-pyrrole nitrogens is 1. The van der Waals surface area contributed by atoms with Gasteiger partial charge >= 0.3 is 0 Å². The van der Waals surface area contributed by atoms with E-state index in [1.54, 1.807) is 6.92 Å². The van der Waals surface area contributed by atoms with Crippen LogP contribution in [0, 0.1) is 0 Å². The molecule has 98 valence electrons. The smallest absolute Gasteiger partial charge is 0.184 e. The fourth-order valence-electron chi connectivity index (χ4n) is 1.33. The molecule has 0 unspecified atom stereocenters. The summed E-state index contributed by atoms with van der Waals surface area (Å²) in [6, 6.07) is 0. The molecule has 4 N–H and O–H groups in total. The van der Waals surface area contributed by atoms with Crippen molar-refractivity contribution in [2.45, 2.75) is 18.4 Å². The number of aromatic amines is 1. The summed E-state index contributed by atoms with van der Waals surface area (Å²) in [6.45, 7) is 1.89. The SMILES string of the molecule is CCS(=O)(=O)c1c(N)nsc1NCc1ncn[nH]1. The third-order valence-corrected chi connectivity index (χ3v) is 4.99. The van der Waals surface area contributed by atoms with Crippen LogP contribution in [0.25, 0.3) is 0 Å². The number of nitrogen functional groups attached to an aromatic ring is 1. The van der Waals surface area contributed by atoms with Crippen LogP contribution in [0.2, 0.25) is 0 Å². The van der Waals surface area contributed by atoms with E-state index in [0.717, 1.165) is 11.5 Å². The van der Waals surface area contributed by atoms with E-state index in [9.17, 15) is 8.42 Å². The summed E-state index contributed by atoms with van der Waals surface area (Å²) < 4.78 is 27.6. The molecule has 0 saturated carbocycles.